The van der Waals surface area contributed by atoms with E-state index in [-0.39, 0.29) is 11.7 Å². The summed E-state index contributed by atoms with van der Waals surface area (Å²) in [6, 6.07) is 9.34. The van der Waals surface area contributed by atoms with Crippen LogP contribution in [0.2, 0.25) is 0 Å². The molecule has 0 spiro atoms. The van der Waals surface area contributed by atoms with Crippen molar-refractivity contribution in [1.82, 2.24) is 0 Å². The Balaban J connectivity index is 2.39. The summed E-state index contributed by atoms with van der Waals surface area (Å²) in [6.07, 6.45) is 0.494. The molecule has 19 heavy (non-hydrogen) atoms. The molecule has 2 N–H and O–H groups in total. The summed E-state index contributed by atoms with van der Waals surface area (Å²) in [5.74, 6) is 0.602. The second-order valence-corrected chi connectivity index (χ2v) is 5.28. The molecule has 2 rings (SSSR count). The summed E-state index contributed by atoms with van der Waals surface area (Å²) in [6.45, 7) is 5.88. The number of phenolic OH excluding ortho intramolecular Hbond substituents is 1. The van der Waals surface area contributed by atoms with Gasteiger partial charge in [0.25, 0.3) is 0 Å². The highest BCUT2D eigenvalue weighted by atomic mass is 16.3. The lowest BCUT2D eigenvalue weighted by atomic mass is 10.0. The number of carbonyl (C=O) groups excluding carboxylic acids is 1. The number of phenols is 1. The van der Waals surface area contributed by atoms with Crippen molar-refractivity contribution in [2.24, 2.45) is 5.92 Å². The van der Waals surface area contributed by atoms with Crippen LogP contribution in [-0.2, 0) is 4.79 Å². The lowest BCUT2D eigenvalue weighted by Crippen LogP contribution is -2.14. The Labute approximate surface area is 113 Å². The molecule has 0 heterocycles. The van der Waals surface area contributed by atoms with Gasteiger partial charge in [-0.1, -0.05) is 38.1 Å². The normalized spacial score (nSPS) is 10.9. The van der Waals surface area contributed by atoms with E-state index < -0.39 is 0 Å². The van der Waals surface area contributed by atoms with Crippen molar-refractivity contribution in [3.05, 3.63) is 35.9 Å². The molecule has 0 aliphatic carbocycles. The van der Waals surface area contributed by atoms with E-state index >= 15 is 0 Å². The molecule has 0 aromatic heterocycles. The summed E-state index contributed by atoms with van der Waals surface area (Å²) in [5.41, 5.74) is 1.58. The van der Waals surface area contributed by atoms with Crippen LogP contribution < -0.4 is 5.32 Å². The first-order valence-electron chi connectivity index (χ1n) is 6.50. The molecule has 0 aliphatic rings. The van der Waals surface area contributed by atoms with E-state index in [1.165, 1.54) is 0 Å². The molecule has 3 heteroatoms. The highest BCUT2D eigenvalue weighted by Crippen LogP contribution is 2.32. The molecule has 0 saturated heterocycles. The van der Waals surface area contributed by atoms with Gasteiger partial charge in [0.15, 0.2) is 0 Å². The number of benzene rings is 2. The van der Waals surface area contributed by atoms with Crippen molar-refractivity contribution in [3.63, 3.8) is 0 Å². The average Bonchev–Trinajstić information content (AvgIpc) is 2.33. The molecular formula is C16H19NO2. The van der Waals surface area contributed by atoms with Crippen LogP contribution >= 0.6 is 0 Å². The second kappa shape index (κ2) is 5.31. The summed E-state index contributed by atoms with van der Waals surface area (Å²) >= 11 is 0. The number of hydrogen-bond donors (Lipinski definition) is 2. The number of amides is 1. The zero-order valence-corrected chi connectivity index (χ0v) is 11.5. The van der Waals surface area contributed by atoms with Gasteiger partial charge >= 0.3 is 0 Å². The molecule has 1 amide bonds. The number of nitrogens with one attached hydrogen (secondary N) is 1. The van der Waals surface area contributed by atoms with Crippen molar-refractivity contribution in [2.75, 3.05) is 5.32 Å². The first kappa shape index (κ1) is 13.4. The molecule has 2 aromatic carbocycles. The number of rotatable bonds is 3. The zero-order valence-electron chi connectivity index (χ0n) is 11.5. The number of anilines is 1. The van der Waals surface area contributed by atoms with Crippen molar-refractivity contribution in [3.8, 4) is 5.75 Å². The van der Waals surface area contributed by atoms with Gasteiger partial charge in [0.05, 0.1) is 0 Å². The SMILES string of the molecule is Cc1ccc2c(NC(=O)CC(C)C)cccc2c1O. The minimum Gasteiger partial charge on any atom is -0.507 e. The first-order chi connectivity index (χ1) is 8.99. The van der Waals surface area contributed by atoms with E-state index in [9.17, 15) is 9.90 Å². The van der Waals surface area contributed by atoms with Gasteiger partial charge in [-0.05, 0) is 24.5 Å². The maximum Gasteiger partial charge on any atom is 0.224 e. The first-order valence-corrected chi connectivity index (χ1v) is 6.50. The van der Waals surface area contributed by atoms with E-state index in [1.807, 2.05) is 51.1 Å². The second-order valence-electron chi connectivity index (χ2n) is 5.28. The number of aromatic hydroxyl groups is 1. The minimum atomic E-state index is 0.00237. The van der Waals surface area contributed by atoms with E-state index in [0.717, 1.165) is 22.0 Å². The Morgan fingerprint density at radius 3 is 2.63 bits per heavy atom. The van der Waals surface area contributed by atoms with Crippen LogP contribution in [0.25, 0.3) is 10.8 Å². The predicted octanol–water partition coefficient (Wildman–Crippen LogP) is 3.84. The van der Waals surface area contributed by atoms with Gasteiger partial charge < -0.3 is 10.4 Å². The largest absolute Gasteiger partial charge is 0.507 e. The molecule has 2 aromatic rings. The number of carbonyl (C=O) groups is 1. The lowest BCUT2D eigenvalue weighted by Gasteiger charge is -2.11. The van der Waals surface area contributed by atoms with Crippen LogP contribution in [0.3, 0.4) is 0 Å². The van der Waals surface area contributed by atoms with Crippen LogP contribution in [0, 0.1) is 12.8 Å². The van der Waals surface area contributed by atoms with Crippen LogP contribution in [-0.4, -0.2) is 11.0 Å². The maximum absolute atomic E-state index is 11.8. The lowest BCUT2D eigenvalue weighted by molar-refractivity contribution is -0.116. The molecule has 0 aliphatic heterocycles. The topological polar surface area (TPSA) is 49.3 Å². The third-order valence-corrected chi connectivity index (χ3v) is 3.10. The third kappa shape index (κ3) is 2.87. The average molecular weight is 257 g/mol. The highest BCUT2D eigenvalue weighted by Gasteiger charge is 2.10. The zero-order chi connectivity index (χ0) is 14.0. The standard InChI is InChI=1S/C16H19NO2/c1-10(2)9-15(18)17-14-6-4-5-13-12(14)8-7-11(3)16(13)19/h4-8,10,19H,9H2,1-3H3,(H,17,18). The third-order valence-electron chi connectivity index (χ3n) is 3.10. The number of fused-ring (bicyclic) bond motifs is 1. The van der Waals surface area contributed by atoms with Crippen LogP contribution in [0.15, 0.2) is 30.3 Å². The predicted molar refractivity (Wildman–Crippen MR) is 78.4 cm³/mol. The van der Waals surface area contributed by atoms with Crippen LogP contribution in [0.4, 0.5) is 5.69 Å². The summed E-state index contributed by atoms with van der Waals surface area (Å²) in [5, 5.41) is 14.6. The van der Waals surface area contributed by atoms with Gasteiger partial charge in [0.1, 0.15) is 5.75 Å². The fourth-order valence-electron chi connectivity index (χ4n) is 2.13. The Morgan fingerprint density at radius 1 is 1.21 bits per heavy atom. The Morgan fingerprint density at radius 2 is 1.95 bits per heavy atom. The van der Waals surface area contributed by atoms with Gasteiger partial charge in [-0.15, -0.1) is 0 Å². The fraction of sp³-hybridized carbons (Fsp3) is 0.312. The smallest absolute Gasteiger partial charge is 0.224 e. The molecule has 0 saturated carbocycles. The van der Waals surface area contributed by atoms with Gasteiger partial charge in [0, 0.05) is 22.9 Å². The Bertz CT molecular complexity index is 617. The van der Waals surface area contributed by atoms with E-state index in [1.54, 1.807) is 0 Å². The minimum absolute atomic E-state index is 0.00237. The monoisotopic (exact) mass is 257 g/mol. The van der Waals surface area contributed by atoms with Crippen molar-refractivity contribution in [2.45, 2.75) is 27.2 Å². The van der Waals surface area contributed by atoms with Gasteiger partial charge in [-0.3, -0.25) is 4.79 Å². The molecule has 0 unspecified atom stereocenters. The molecule has 3 nitrogen and oxygen atoms in total. The number of hydrogen-bond acceptors (Lipinski definition) is 2. The van der Waals surface area contributed by atoms with E-state index in [0.29, 0.717) is 12.3 Å². The molecule has 0 bridgehead atoms. The summed E-state index contributed by atoms with van der Waals surface area (Å²) in [7, 11) is 0. The Kier molecular flexibility index (Phi) is 3.74. The van der Waals surface area contributed by atoms with Gasteiger partial charge in [0.2, 0.25) is 5.91 Å². The highest BCUT2D eigenvalue weighted by molar-refractivity contribution is 6.04. The van der Waals surface area contributed by atoms with Crippen LogP contribution in [0.5, 0.6) is 5.75 Å². The Hall–Kier alpha value is -2.03. The van der Waals surface area contributed by atoms with Gasteiger partial charge in [-0.25, -0.2) is 0 Å². The molecule has 100 valence electrons. The molecule has 0 radical (unpaired) electrons. The number of aryl methyl sites for hydroxylation is 1. The molecule has 0 atom stereocenters. The van der Waals surface area contributed by atoms with E-state index in [4.69, 9.17) is 0 Å². The van der Waals surface area contributed by atoms with Crippen molar-refractivity contribution < 1.29 is 9.90 Å². The van der Waals surface area contributed by atoms with Crippen LogP contribution in [0.1, 0.15) is 25.8 Å². The summed E-state index contributed by atoms with van der Waals surface area (Å²) < 4.78 is 0. The van der Waals surface area contributed by atoms with Crippen molar-refractivity contribution >= 4 is 22.4 Å². The van der Waals surface area contributed by atoms with Gasteiger partial charge in [-0.2, -0.15) is 0 Å². The fourth-order valence-corrected chi connectivity index (χ4v) is 2.13. The van der Waals surface area contributed by atoms with Crippen molar-refractivity contribution in [1.29, 1.82) is 0 Å². The molecule has 0 fully saturated rings. The molecular weight excluding hydrogens is 238 g/mol. The quantitative estimate of drug-likeness (QED) is 0.877. The maximum atomic E-state index is 11.8. The van der Waals surface area contributed by atoms with E-state index in [2.05, 4.69) is 5.32 Å². The summed E-state index contributed by atoms with van der Waals surface area (Å²) in [4.78, 5) is 11.8.